The minimum atomic E-state index is -0.498. The van der Waals surface area contributed by atoms with Gasteiger partial charge in [-0.15, -0.1) is 0 Å². The van der Waals surface area contributed by atoms with Crippen LogP contribution >= 0.6 is 0 Å². The first kappa shape index (κ1) is 14.3. The molecule has 0 aromatic carbocycles. The minimum Gasteiger partial charge on any atom is -0.396 e. The van der Waals surface area contributed by atoms with Gasteiger partial charge in [0.05, 0.1) is 35.8 Å². The van der Waals surface area contributed by atoms with Gasteiger partial charge in [0.25, 0.3) is 0 Å². The summed E-state index contributed by atoms with van der Waals surface area (Å²) in [4.78, 5) is 2.11. The number of likely N-dealkylation sites (tertiary alicyclic amines) is 1. The van der Waals surface area contributed by atoms with E-state index in [4.69, 9.17) is 5.73 Å². The van der Waals surface area contributed by atoms with Crippen molar-refractivity contribution in [3.05, 3.63) is 11.4 Å². The molecule has 0 radical (unpaired) electrons. The molecule has 19 heavy (non-hydrogen) atoms. The number of aromatic nitrogens is 2. The molecule has 4 N–H and O–H groups in total. The quantitative estimate of drug-likeness (QED) is 0.710. The fourth-order valence-corrected chi connectivity index (χ4v) is 2.64. The monoisotopic (exact) mass is 268 g/mol. The fourth-order valence-electron chi connectivity index (χ4n) is 2.64. The number of nitrogens with zero attached hydrogens (tertiary/aromatic N) is 3. The molecule has 0 spiro atoms. The van der Waals surface area contributed by atoms with E-state index in [0.29, 0.717) is 25.3 Å². The summed E-state index contributed by atoms with van der Waals surface area (Å²) in [6.07, 6.45) is 1.09. The molecule has 0 saturated carbocycles. The summed E-state index contributed by atoms with van der Waals surface area (Å²) in [5, 5.41) is 24.1. The molecule has 1 aromatic heterocycles. The Bertz CT molecular complexity index is 433. The standard InChI is InChI=1S/C13H24N4O2/c1-9-13(14)10(2)17(15-9)8-12(19)7-16-5-3-4-11(18)6-16/h11-12,18-19H,3-8,14H2,1-2H3. The molecule has 2 rings (SSSR count). The number of aliphatic hydroxyl groups is 2. The summed E-state index contributed by atoms with van der Waals surface area (Å²) in [5.74, 6) is 0. The van der Waals surface area contributed by atoms with Crippen LogP contribution in [0, 0.1) is 13.8 Å². The van der Waals surface area contributed by atoms with Gasteiger partial charge in [-0.2, -0.15) is 5.10 Å². The van der Waals surface area contributed by atoms with Crippen molar-refractivity contribution in [1.82, 2.24) is 14.7 Å². The van der Waals surface area contributed by atoms with Crippen LogP contribution in [0.3, 0.4) is 0 Å². The number of anilines is 1. The molecule has 0 aliphatic carbocycles. The number of hydrogen-bond donors (Lipinski definition) is 3. The summed E-state index contributed by atoms with van der Waals surface area (Å²) in [5.41, 5.74) is 8.27. The smallest absolute Gasteiger partial charge is 0.0862 e. The van der Waals surface area contributed by atoms with E-state index in [0.717, 1.165) is 30.8 Å². The van der Waals surface area contributed by atoms with Gasteiger partial charge in [0, 0.05) is 13.1 Å². The van der Waals surface area contributed by atoms with Gasteiger partial charge >= 0.3 is 0 Å². The van der Waals surface area contributed by atoms with E-state index >= 15 is 0 Å². The summed E-state index contributed by atoms with van der Waals surface area (Å²) in [6.45, 7) is 6.37. The van der Waals surface area contributed by atoms with Crippen molar-refractivity contribution in [3.8, 4) is 0 Å². The first-order chi connectivity index (χ1) is 8.97. The lowest BCUT2D eigenvalue weighted by atomic mass is 10.1. The summed E-state index contributed by atoms with van der Waals surface area (Å²) in [7, 11) is 0. The highest BCUT2D eigenvalue weighted by atomic mass is 16.3. The van der Waals surface area contributed by atoms with E-state index in [-0.39, 0.29) is 6.10 Å². The molecule has 2 unspecified atom stereocenters. The number of aliphatic hydroxyl groups excluding tert-OH is 2. The van der Waals surface area contributed by atoms with Gasteiger partial charge in [-0.3, -0.25) is 9.58 Å². The molecule has 1 aliphatic rings. The molecule has 2 heterocycles. The topological polar surface area (TPSA) is 87.5 Å². The van der Waals surface area contributed by atoms with Crippen molar-refractivity contribution < 1.29 is 10.2 Å². The Morgan fingerprint density at radius 3 is 2.74 bits per heavy atom. The predicted octanol–water partition coefficient (Wildman–Crippen LogP) is -0.100. The molecular weight excluding hydrogens is 244 g/mol. The summed E-state index contributed by atoms with van der Waals surface area (Å²) >= 11 is 0. The van der Waals surface area contributed by atoms with Crippen LogP contribution in [0.25, 0.3) is 0 Å². The maximum Gasteiger partial charge on any atom is 0.0862 e. The lowest BCUT2D eigenvalue weighted by molar-refractivity contribution is 0.0337. The highest BCUT2D eigenvalue weighted by molar-refractivity contribution is 5.46. The van der Waals surface area contributed by atoms with Gasteiger partial charge in [0.15, 0.2) is 0 Å². The molecule has 1 aromatic rings. The Labute approximate surface area is 113 Å². The predicted molar refractivity (Wildman–Crippen MR) is 73.8 cm³/mol. The van der Waals surface area contributed by atoms with E-state index < -0.39 is 6.10 Å². The van der Waals surface area contributed by atoms with Crippen molar-refractivity contribution in [2.45, 2.75) is 45.4 Å². The summed E-state index contributed by atoms with van der Waals surface area (Å²) < 4.78 is 1.76. The van der Waals surface area contributed by atoms with Crippen LogP contribution in [0.4, 0.5) is 5.69 Å². The highest BCUT2D eigenvalue weighted by Gasteiger charge is 2.21. The zero-order valence-electron chi connectivity index (χ0n) is 11.7. The third-order valence-corrected chi connectivity index (χ3v) is 3.77. The van der Waals surface area contributed by atoms with Gasteiger partial charge in [-0.05, 0) is 33.2 Å². The second kappa shape index (κ2) is 5.90. The number of nitrogen functional groups attached to an aromatic ring is 1. The first-order valence-electron chi connectivity index (χ1n) is 6.85. The molecular formula is C13H24N4O2. The van der Waals surface area contributed by atoms with Crippen molar-refractivity contribution in [2.24, 2.45) is 0 Å². The zero-order valence-corrected chi connectivity index (χ0v) is 11.7. The second-order valence-electron chi connectivity index (χ2n) is 5.48. The van der Waals surface area contributed by atoms with Crippen molar-refractivity contribution >= 4 is 5.69 Å². The average molecular weight is 268 g/mol. The SMILES string of the molecule is Cc1nn(CC(O)CN2CCCC(O)C2)c(C)c1N. The molecule has 108 valence electrons. The third-order valence-electron chi connectivity index (χ3n) is 3.77. The Morgan fingerprint density at radius 1 is 1.42 bits per heavy atom. The zero-order chi connectivity index (χ0) is 14.0. The maximum atomic E-state index is 10.1. The van der Waals surface area contributed by atoms with Gasteiger partial charge in [0.2, 0.25) is 0 Å². The van der Waals surface area contributed by atoms with Crippen LogP contribution in [0.5, 0.6) is 0 Å². The number of hydrogen-bond acceptors (Lipinski definition) is 5. The fraction of sp³-hybridized carbons (Fsp3) is 0.769. The third kappa shape index (κ3) is 3.46. The Kier molecular flexibility index (Phi) is 4.44. The molecule has 1 saturated heterocycles. The highest BCUT2D eigenvalue weighted by Crippen LogP contribution is 2.16. The van der Waals surface area contributed by atoms with Gasteiger partial charge in [-0.1, -0.05) is 0 Å². The molecule has 2 atom stereocenters. The van der Waals surface area contributed by atoms with Crippen molar-refractivity contribution in [3.63, 3.8) is 0 Å². The van der Waals surface area contributed by atoms with Crippen LogP contribution in [-0.2, 0) is 6.54 Å². The second-order valence-corrected chi connectivity index (χ2v) is 5.48. The molecule has 0 bridgehead atoms. The number of piperidine rings is 1. The Morgan fingerprint density at radius 2 is 2.16 bits per heavy atom. The van der Waals surface area contributed by atoms with Crippen molar-refractivity contribution in [2.75, 3.05) is 25.4 Å². The van der Waals surface area contributed by atoms with Crippen LogP contribution < -0.4 is 5.73 Å². The average Bonchev–Trinajstić information content (AvgIpc) is 2.57. The minimum absolute atomic E-state index is 0.259. The number of nitrogens with two attached hydrogens (primary N) is 1. The van der Waals surface area contributed by atoms with Gasteiger partial charge in [0.1, 0.15) is 0 Å². The van der Waals surface area contributed by atoms with E-state index in [1.165, 1.54) is 0 Å². The lowest BCUT2D eigenvalue weighted by Gasteiger charge is -2.31. The molecule has 1 fully saturated rings. The molecule has 6 heteroatoms. The van der Waals surface area contributed by atoms with Crippen LogP contribution in [0.2, 0.25) is 0 Å². The van der Waals surface area contributed by atoms with Gasteiger partial charge < -0.3 is 15.9 Å². The van der Waals surface area contributed by atoms with E-state index in [1.54, 1.807) is 4.68 Å². The van der Waals surface area contributed by atoms with Gasteiger partial charge in [-0.25, -0.2) is 0 Å². The van der Waals surface area contributed by atoms with Crippen LogP contribution in [-0.4, -0.2) is 56.7 Å². The van der Waals surface area contributed by atoms with E-state index in [9.17, 15) is 10.2 Å². The maximum absolute atomic E-state index is 10.1. The number of aryl methyl sites for hydroxylation is 1. The van der Waals surface area contributed by atoms with E-state index in [2.05, 4.69) is 10.00 Å². The molecule has 6 nitrogen and oxygen atoms in total. The first-order valence-corrected chi connectivity index (χ1v) is 6.85. The lowest BCUT2D eigenvalue weighted by Crippen LogP contribution is -2.43. The Hall–Kier alpha value is -1.11. The molecule has 1 aliphatic heterocycles. The number of β-amino-alcohol motifs (C(OH)–C–C–N with tert-alkyl or cyclic N) is 2. The Balaban J connectivity index is 1.90. The van der Waals surface area contributed by atoms with Crippen LogP contribution in [0.1, 0.15) is 24.2 Å². The molecule has 0 amide bonds. The summed E-state index contributed by atoms with van der Waals surface area (Å²) in [6, 6.07) is 0. The number of rotatable bonds is 4. The normalized spacial score (nSPS) is 22.6. The largest absolute Gasteiger partial charge is 0.396 e. The van der Waals surface area contributed by atoms with E-state index in [1.807, 2.05) is 13.8 Å². The van der Waals surface area contributed by atoms with Crippen molar-refractivity contribution in [1.29, 1.82) is 0 Å². The van der Waals surface area contributed by atoms with Crippen LogP contribution in [0.15, 0.2) is 0 Å².